The predicted octanol–water partition coefficient (Wildman–Crippen LogP) is 3.73. The van der Waals surface area contributed by atoms with Gasteiger partial charge in [-0.05, 0) is 25.7 Å². The monoisotopic (exact) mass is 274 g/mol. The van der Waals surface area contributed by atoms with Gasteiger partial charge in [0.2, 0.25) is 0 Å². The first-order chi connectivity index (χ1) is 8.97. The zero-order chi connectivity index (χ0) is 15.1. The van der Waals surface area contributed by atoms with Crippen molar-refractivity contribution in [3.8, 4) is 0 Å². The highest BCUT2D eigenvalue weighted by Gasteiger charge is 2.03. The normalized spacial score (nSPS) is 9.58. The Kier molecular flexibility index (Phi) is 16.0. The lowest BCUT2D eigenvalue weighted by Crippen LogP contribution is -2.06. The van der Waals surface area contributed by atoms with Crippen molar-refractivity contribution >= 4 is 11.9 Å². The molecule has 0 N–H and O–H groups in total. The molecule has 0 fully saturated rings. The van der Waals surface area contributed by atoms with Crippen LogP contribution in [0.3, 0.4) is 0 Å². The van der Waals surface area contributed by atoms with E-state index in [0.29, 0.717) is 32.0 Å². The van der Waals surface area contributed by atoms with Gasteiger partial charge in [0.25, 0.3) is 0 Å². The summed E-state index contributed by atoms with van der Waals surface area (Å²) < 4.78 is 9.60. The Morgan fingerprint density at radius 2 is 1.58 bits per heavy atom. The van der Waals surface area contributed by atoms with Crippen LogP contribution in [0.25, 0.3) is 0 Å². The summed E-state index contributed by atoms with van der Waals surface area (Å²) in [6.45, 7) is 10.9. The van der Waals surface area contributed by atoms with E-state index in [9.17, 15) is 9.59 Å². The van der Waals surface area contributed by atoms with E-state index in [2.05, 4.69) is 6.92 Å². The molecule has 0 radical (unpaired) electrons. The molecule has 0 unspecified atom stereocenters. The largest absolute Gasteiger partial charge is 0.466 e. The zero-order valence-corrected chi connectivity index (χ0v) is 13.2. The van der Waals surface area contributed by atoms with Crippen molar-refractivity contribution < 1.29 is 19.1 Å². The molecule has 0 amide bonds. The van der Waals surface area contributed by atoms with Crippen molar-refractivity contribution in [1.82, 2.24) is 0 Å². The van der Waals surface area contributed by atoms with E-state index in [-0.39, 0.29) is 11.9 Å². The average Bonchev–Trinajstić information content (AvgIpc) is 2.30. The maximum absolute atomic E-state index is 10.7. The molecule has 0 aromatic rings. The van der Waals surface area contributed by atoms with Gasteiger partial charge >= 0.3 is 11.9 Å². The van der Waals surface area contributed by atoms with Crippen LogP contribution in [0.5, 0.6) is 0 Å². The molecular weight excluding hydrogens is 244 g/mol. The third kappa shape index (κ3) is 19.5. The number of hydrogen-bond donors (Lipinski definition) is 0. The van der Waals surface area contributed by atoms with Crippen LogP contribution >= 0.6 is 0 Å². The lowest BCUT2D eigenvalue weighted by atomic mass is 10.1. The smallest absolute Gasteiger partial charge is 0.306 e. The maximum Gasteiger partial charge on any atom is 0.306 e. The summed E-state index contributed by atoms with van der Waals surface area (Å²) in [5.74, 6) is 0.257. The highest BCUT2D eigenvalue weighted by molar-refractivity contribution is 5.69. The molecule has 0 rings (SSSR count). The quantitative estimate of drug-likeness (QED) is 0.500. The Bertz CT molecular complexity index is 224. The van der Waals surface area contributed by atoms with Crippen LogP contribution in [0.2, 0.25) is 0 Å². The molecular formula is C15H30O4. The van der Waals surface area contributed by atoms with Crippen molar-refractivity contribution in [3.63, 3.8) is 0 Å². The minimum atomic E-state index is -0.0903. The van der Waals surface area contributed by atoms with Crippen LogP contribution in [0.1, 0.15) is 66.7 Å². The average molecular weight is 274 g/mol. The molecule has 4 nitrogen and oxygen atoms in total. The van der Waals surface area contributed by atoms with Crippen LogP contribution in [0, 0.1) is 5.92 Å². The van der Waals surface area contributed by atoms with Gasteiger partial charge in [0.1, 0.15) is 0 Å². The molecule has 0 aromatic carbocycles. The number of unbranched alkanes of at least 4 members (excludes halogenated alkanes) is 1. The molecule has 0 heterocycles. The van der Waals surface area contributed by atoms with Crippen molar-refractivity contribution in [2.45, 2.75) is 66.7 Å². The summed E-state index contributed by atoms with van der Waals surface area (Å²) >= 11 is 0. The van der Waals surface area contributed by atoms with Gasteiger partial charge in [-0.3, -0.25) is 9.59 Å². The Hall–Kier alpha value is -1.06. The van der Waals surface area contributed by atoms with E-state index in [1.807, 2.05) is 27.7 Å². The second-order valence-electron chi connectivity index (χ2n) is 4.73. The molecule has 0 atom stereocenters. The molecule has 0 aliphatic carbocycles. The maximum atomic E-state index is 10.7. The van der Waals surface area contributed by atoms with Crippen molar-refractivity contribution in [2.24, 2.45) is 5.92 Å². The first kappa shape index (κ1) is 20.3. The minimum absolute atomic E-state index is 0.0593. The van der Waals surface area contributed by atoms with Gasteiger partial charge in [0.05, 0.1) is 13.2 Å². The van der Waals surface area contributed by atoms with E-state index in [4.69, 9.17) is 9.47 Å². The minimum Gasteiger partial charge on any atom is -0.466 e. The van der Waals surface area contributed by atoms with Crippen LogP contribution in [-0.2, 0) is 19.1 Å². The standard InChI is InChI=1S/C8H16O2.C7H14O2/c1-3-5-7-10-8(9)6-4-2;1-4-9-7(8)5-6(2)3/h3-7H2,1-2H3;6H,4-5H2,1-3H3. The number of esters is 2. The second-order valence-corrected chi connectivity index (χ2v) is 4.73. The van der Waals surface area contributed by atoms with Crippen LogP contribution in [-0.4, -0.2) is 25.2 Å². The number of carbonyl (C=O) groups is 2. The number of hydrogen-bond acceptors (Lipinski definition) is 4. The number of rotatable bonds is 8. The Morgan fingerprint density at radius 1 is 0.947 bits per heavy atom. The molecule has 0 spiro atoms. The van der Waals surface area contributed by atoms with E-state index in [0.717, 1.165) is 19.3 Å². The summed E-state index contributed by atoms with van der Waals surface area (Å²) in [4.78, 5) is 21.3. The third-order valence-electron chi connectivity index (χ3n) is 2.10. The van der Waals surface area contributed by atoms with Crippen molar-refractivity contribution in [2.75, 3.05) is 13.2 Å². The summed E-state index contributed by atoms with van der Waals surface area (Å²) in [5.41, 5.74) is 0. The first-order valence-corrected chi connectivity index (χ1v) is 7.29. The summed E-state index contributed by atoms with van der Waals surface area (Å²) in [7, 11) is 0. The fraction of sp³-hybridized carbons (Fsp3) is 0.867. The third-order valence-corrected chi connectivity index (χ3v) is 2.10. The second kappa shape index (κ2) is 15.0. The Morgan fingerprint density at radius 3 is 2.00 bits per heavy atom. The number of ether oxygens (including phenoxy) is 2. The summed E-state index contributed by atoms with van der Waals surface area (Å²) in [6.07, 6.45) is 4.04. The van der Waals surface area contributed by atoms with Gasteiger partial charge in [-0.2, -0.15) is 0 Å². The molecule has 0 saturated carbocycles. The molecule has 0 bridgehead atoms. The topological polar surface area (TPSA) is 52.6 Å². The molecule has 4 heteroatoms. The van der Waals surface area contributed by atoms with Gasteiger partial charge in [-0.1, -0.05) is 34.1 Å². The van der Waals surface area contributed by atoms with E-state index >= 15 is 0 Å². The Labute approximate surface area is 117 Å². The molecule has 19 heavy (non-hydrogen) atoms. The van der Waals surface area contributed by atoms with Crippen LogP contribution in [0.15, 0.2) is 0 Å². The Balaban J connectivity index is 0. The summed E-state index contributed by atoms with van der Waals surface area (Å²) in [6, 6.07) is 0. The first-order valence-electron chi connectivity index (χ1n) is 7.29. The lowest BCUT2D eigenvalue weighted by molar-refractivity contribution is -0.144. The van der Waals surface area contributed by atoms with Crippen molar-refractivity contribution in [1.29, 1.82) is 0 Å². The van der Waals surface area contributed by atoms with Gasteiger partial charge in [-0.15, -0.1) is 0 Å². The highest BCUT2D eigenvalue weighted by atomic mass is 16.5. The van der Waals surface area contributed by atoms with E-state index in [1.165, 1.54) is 0 Å². The zero-order valence-electron chi connectivity index (χ0n) is 13.2. The molecule has 114 valence electrons. The molecule has 0 aromatic heterocycles. The molecule has 0 saturated heterocycles. The van der Waals surface area contributed by atoms with Crippen LogP contribution in [0.4, 0.5) is 0 Å². The number of carbonyl (C=O) groups excluding carboxylic acids is 2. The SMILES string of the molecule is CCCCOC(=O)CCC.CCOC(=O)CC(C)C. The van der Waals surface area contributed by atoms with Gasteiger partial charge in [0.15, 0.2) is 0 Å². The van der Waals surface area contributed by atoms with Gasteiger partial charge in [0, 0.05) is 12.8 Å². The predicted molar refractivity (Wildman–Crippen MR) is 76.9 cm³/mol. The van der Waals surface area contributed by atoms with E-state index in [1.54, 1.807) is 0 Å². The lowest BCUT2D eigenvalue weighted by Gasteiger charge is -2.02. The molecule has 0 aliphatic heterocycles. The molecule has 0 aliphatic rings. The van der Waals surface area contributed by atoms with E-state index < -0.39 is 0 Å². The summed E-state index contributed by atoms with van der Waals surface area (Å²) in [5, 5.41) is 0. The van der Waals surface area contributed by atoms with Gasteiger partial charge in [-0.25, -0.2) is 0 Å². The van der Waals surface area contributed by atoms with Crippen molar-refractivity contribution in [3.05, 3.63) is 0 Å². The highest BCUT2D eigenvalue weighted by Crippen LogP contribution is 2.00. The fourth-order valence-corrected chi connectivity index (χ4v) is 1.16. The van der Waals surface area contributed by atoms with Gasteiger partial charge < -0.3 is 9.47 Å². The fourth-order valence-electron chi connectivity index (χ4n) is 1.16. The van der Waals surface area contributed by atoms with Crippen LogP contribution < -0.4 is 0 Å².